The second-order valence-corrected chi connectivity index (χ2v) is 5.73. The SMILES string of the molecule is Cc1ccc2c(c1)-c1cc(C)nn1[C@H](c1ccccc1F)N2. The minimum Gasteiger partial charge on any atom is -0.359 e. The number of nitrogens with zero attached hydrogens (tertiary/aromatic N) is 2. The highest BCUT2D eigenvalue weighted by Crippen LogP contribution is 2.39. The van der Waals surface area contributed by atoms with Gasteiger partial charge in [0.15, 0.2) is 0 Å². The van der Waals surface area contributed by atoms with Gasteiger partial charge in [0, 0.05) is 16.8 Å². The fraction of sp³-hybridized carbons (Fsp3) is 0.167. The molecule has 110 valence electrons. The summed E-state index contributed by atoms with van der Waals surface area (Å²) in [7, 11) is 0. The van der Waals surface area contributed by atoms with Crippen LogP contribution in [-0.4, -0.2) is 9.78 Å². The molecule has 0 radical (unpaired) electrons. The van der Waals surface area contributed by atoms with Crippen LogP contribution < -0.4 is 5.32 Å². The summed E-state index contributed by atoms with van der Waals surface area (Å²) in [6.45, 7) is 4.02. The van der Waals surface area contributed by atoms with Gasteiger partial charge in [-0.15, -0.1) is 0 Å². The molecule has 1 aliphatic heterocycles. The quantitative estimate of drug-likeness (QED) is 0.726. The van der Waals surface area contributed by atoms with Gasteiger partial charge in [0.1, 0.15) is 12.0 Å². The van der Waals surface area contributed by atoms with E-state index in [4.69, 9.17) is 0 Å². The number of aromatic nitrogens is 2. The zero-order valence-electron chi connectivity index (χ0n) is 12.5. The smallest absolute Gasteiger partial charge is 0.150 e. The lowest BCUT2D eigenvalue weighted by atomic mass is 10.0. The van der Waals surface area contributed by atoms with Gasteiger partial charge >= 0.3 is 0 Å². The van der Waals surface area contributed by atoms with Gasteiger partial charge in [-0.2, -0.15) is 5.10 Å². The summed E-state index contributed by atoms with van der Waals surface area (Å²) in [5.41, 5.74) is 5.84. The Hall–Kier alpha value is -2.62. The van der Waals surface area contributed by atoms with Crippen LogP contribution >= 0.6 is 0 Å². The maximum atomic E-state index is 14.2. The first-order chi connectivity index (χ1) is 10.6. The molecule has 0 fully saturated rings. The number of anilines is 1. The maximum Gasteiger partial charge on any atom is 0.150 e. The van der Waals surface area contributed by atoms with Gasteiger partial charge < -0.3 is 5.32 Å². The third kappa shape index (κ3) is 1.91. The minimum absolute atomic E-state index is 0.227. The number of hydrogen-bond acceptors (Lipinski definition) is 2. The predicted molar refractivity (Wildman–Crippen MR) is 85.3 cm³/mol. The molecule has 1 N–H and O–H groups in total. The molecule has 0 spiro atoms. The van der Waals surface area contributed by atoms with E-state index in [1.807, 2.05) is 29.8 Å². The highest BCUT2D eigenvalue weighted by atomic mass is 19.1. The summed E-state index contributed by atoms with van der Waals surface area (Å²) < 4.78 is 16.1. The molecule has 0 amide bonds. The normalized spacial score (nSPS) is 15.9. The van der Waals surface area contributed by atoms with Crippen LogP contribution in [0.2, 0.25) is 0 Å². The fourth-order valence-corrected chi connectivity index (χ4v) is 3.03. The van der Waals surface area contributed by atoms with Gasteiger partial charge in [0.05, 0.1) is 11.4 Å². The first-order valence-electron chi connectivity index (χ1n) is 7.31. The average molecular weight is 293 g/mol. The second-order valence-electron chi connectivity index (χ2n) is 5.73. The Balaban J connectivity index is 1.94. The number of nitrogens with one attached hydrogen (secondary N) is 1. The number of fused-ring (bicyclic) bond motifs is 3. The summed E-state index contributed by atoms with van der Waals surface area (Å²) in [6, 6.07) is 15.1. The van der Waals surface area contributed by atoms with Crippen molar-refractivity contribution in [1.29, 1.82) is 0 Å². The lowest BCUT2D eigenvalue weighted by Crippen LogP contribution is -2.26. The molecule has 3 aromatic rings. The van der Waals surface area contributed by atoms with Crippen molar-refractivity contribution < 1.29 is 4.39 Å². The standard InChI is InChI=1S/C18H16FN3/c1-11-7-8-16-14(9-11)17-10-12(2)21-22(17)18(20-16)13-5-3-4-6-15(13)19/h3-10,18,20H,1-2H3/t18-/m1/s1. The van der Waals surface area contributed by atoms with Crippen molar-refractivity contribution in [2.24, 2.45) is 0 Å². The summed E-state index contributed by atoms with van der Waals surface area (Å²) in [5.74, 6) is -0.227. The largest absolute Gasteiger partial charge is 0.359 e. The zero-order valence-corrected chi connectivity index (χ0v) is 12.5. The van der Waals surface area contributed by atoms with E-state index in [0.717, 1.165) is 22.6 Å². The van der Waals surface area contributed by atoms with Gasteiger partial charge in [-0.1, -0.05) is 29.8 Å². The van der Waals surface area contributed by atoms with E-state index in [1.165, 1.54) is 11.6 Å². The summed E-state index contributed by atoms with van der Waals surface area (Å²) in [4.78, 5) is 0. The molecule has 0 unspecified atom stereocenters. The Morgan fingerprint density at radius 1 is 1.09 bits per heavy atom. The first kappa shape index (κ1) is 13.1. The van der Waals surface area contributed by atoms with E-state index in [1.54, 1.807) is 12.1 Å². The lowest BCUT2D eigenvalue weighted by molar-refractivity contribution is 0.526. The molecule has 3 nitrogen and oxygen atoms in total. The molecule has 0 saturated heterocycles. The molecule has 2 heterocycles. The van der Waals surface area contributed by atoms with Crippen molar-refractivity contribution in [3.05, 3.63) is 71.2 Å². The first-order valence-corrected chi connectivity index (χ1v) is 7.31. The molecular formula is C18H16FN3. The van der Waals surface area contributed by atoms with Gasteiger partial charge in [0.2, 0.25) is 0 Å². The van der Waals surface area contributed by atoms with Crippen molar-refractivity contribution in [3.8, 4) is 11.3 Å². The molecule has 0 bridgehead atoms. The fourth-order valence-electron chi connectivity index (χ4n) is 3.03. The molecule has 22 heavy (non-hydrogen) atoms. The number of benzene rings is 2. The van der Waals surface area contributed by atoms with Crippen LogP contribution in [-0.2, 0) is 0 Å². The maximum absolute atomic E-state index is 14.2. The van der Waals surface area contributed by atoms with Crippen LogP contribution in [0.3, 0.4) is 0 Å². The third-order valence-corrected chi connectivity index (χ3v) is 4.05. The molecular weight excluding hydrogens is 277 g/mol. The zero-order chi connectivity index (χ0) is 15.3. The predicted octanol–water partition coefficient (Wildman–Crippen LogP) is 4.28. The van der Waals surface area contributed by atoms with Gasteiger partial charge in [-0.3, -0.25) is 0 Å². The molecule has 1 atom stereocenters. The van der Waals surface area contributed by atoms with E-state index < -0.39 is 0 Å². The Bertz CT molecular complexity index is 867. The van der Waals surface area contributed by atoms with Crippen molar-refractivity contribution in [3.63, 3.8) is 0 Å². The van der Waals surface area contributed by atoms with E-state index in [0.29, 0.717) is 5.56 Å². The summed E-state index contributed by atoms with van der Waals surface area (Å²) >= 11 is 0. The molecule has 1 aliphatic rings. The van der Waals surface area contributed by atoms with Gasteiger partial charge in [-0.25, -0.2) is 9.07 Å². The third-order valence-electron chi connectivity index (χ3n) is 4.05. The number of hydrogen-bond donors (Lipinski definition) is 1. The Morgan fingerprint density at radius 3 is 2.73 bits per heavy atom. The van der Waals surface area contributed by atoms with E-state index in [2.05, 4.69) is 29.5 Å². The highest BCUT2D eigenvalue weighted by Gasteiger charge is 2.27. The highest BCUT2D eigenvalue weighted by molar-refractivity contribution is 5.79. The summed E-state index contributed by atoms with van der Waals surface area (Å²) in [5, 5.41) is 7.98. The summed E-state index contributed by atoms with van der Waals surface area (Å²) in [6.07, 6.45) is -0.333. The Morgan fingerprint density at radius 2 is 1.91 bits per heavy atom. The number of halogens is 1. The second kappa shape index (κ2) is 4.70. The molecule has 0 saturated carbocycles. The Labute approximate surface area is 128 Å². The topological polar surface area (TPSA) is 29.9 Å². The minimum atomic E-state index is -0.333. The average Bonchev–Trinajstić information content (AvgIpc) is 2.89. The monoisotopic (exact) mass is 293 g/mol. The van der Waals surface area contributed by atoms with Crippen LogP contribution in [0, 0.1) is 19.7 Å². The molecule has 0 aliphatic carbocycles. The van der Waals surface area contributed by atoms with Crippen LogP contribution in [0.1, 0.15) is 23.0 Å². The van der Waals surface area contributed by atoms with E-state index >= 15 is 0 Å². The molecule has 4 heteroatoms. The van der Waals surface area contributed by atoms with Crippen molar-refractivity contribution in [1.82, 2.24) is 9.78 Å². The van der Waals surface area contributed by atoms with Gasteiger partial charge in [-0.05, 0) is 38.1 Å². The molecule has 1 aromatic heterocycles. The van der Waals surface area contributed by atoms with Crippen molar-refractivity contribution in [2.75, 3.05) is 5.32 Å². The lowest BCUT2D eigenvalue weighted by Gasteiger charge is -2.29. The van der Waals surface area contributed by atoms with E-state index in [9.17, 15) is 4.39 Å². The van der Waals surface area contributed by atoms with Crippen LogP contribution in [0.4, 0.5) is 10.1 Å². The van der Waals surface area contributed by atoms with Crippen molar-refractivity contribution >= 4 is 5.69 Å². The number of aryl methyl sites for hydroxylation is 2. The molecule has 4 rings (SSSR count). The van der Waals surface area contributed by atoms with Crippen LogP contribution in [0.5, 0.6) is 0 Å². The Kier molecular flexibility index (Phi) is 2.79. The van der Waals surface area contributed by atoms with Gasteiger partial charge in [0.25, 0.3) is 0 Å². The van der Waals surface area contributed by atoms with Crippen LogP contribution in [0.25, 0.3) is 11.3 Å². The van der Waals surface area contributed by atoms with Crippen molar-refractivity contribution in [2.45, 2.75) is 20.0 Å². The van der Waals surface area contributed by atoms with Crippen LogP contribution in [0.15, 0.2) is 48.5 Å². The number of rotatable bonds is 1. The molecule has 2 aromatic carbocycles. The van der Waals surface area contributed by atoms with E-state index in [-0.39, 0.29) is 12.0 Å².